The number of ether oxygens (including phenoxy) is 1. The van der Waals surface area contributed by atoms with E-state index in [9.17, 15) is 14.7 Å². The van der Waals surface area contributed by atoms with Crippen LogP contribution >= 0.6 is 0 Å². The van der Waals surface area contributed by atoms with Gasteiger partial charge in [0.1, 0.15) is 11.4 Å². The predicted octanol–water partition coefficient (Wildman–Crippen LogP) is 4.18. The summed E-state index contributed by atoms with van der Waals surface area (Å²) in [6, 6.07) is 8.85. The van der Waals surface area contributed by atoms with Crippen molar-refractivity contribution in [3.8, 4) is 0 Å². The van der Waals surface area contributed by atoms with Gasteiger partial charge in [0.15, 0.2) is 5.78 Å². The van der Waals surface area contributed by atoms with Gasteiger partial charge in [-0.15, -0.1) is 0 Å². The number of nitrogens with zero attached hydrogens (tertiary/aromatic N) is 2. The number of rotatable bonds is 2. The van der Waals surface area contributed by atoms with E-state index in [1.165, 1.54) is 7.05 Å². The Balaban J connectivity index is 2.42. The zero-order valence-electron chi connectivity index (χ0n) is 15.9. The van der Waals surface area contributed by atoms with Crippen LogP contribution in [0.5, 0.6) is 0 Å². The van der Waals surface area contributed by atoms with Crippen LogP contribution in [0.4, 0.5) is 4.79 Å². The molecule has 0 spiro atoms. The molecule has 0 radical (unpaired) electrons. The minimum atomic E-state index is -0.647. The van der Waals surface area contributed by atoms with E-state index in [1.54, 1.807) is 45.0 Å². The molecule has 0 bridgehead atoms. The molecule has 0 heterocycles. The van der Waals surface area contributed by atoms with E-state index in [4.69, 9.17) is 4.74 Å². The SMILES string of the molecule is CC1CC(=O)C(=C(O)c2ccccc2)C(=NN(C)C(=O)OC(C)(C)C)C1. The quantitative estimate of drug-likeness (QED) is 0.489. The zero-order valence-corrected chi connectivity index (χ0v) is 15.9. The Morgan fingerprint density at radius 3 is 2.42 bits per heavy atom. The second kappa shape index (κ2) is 7.72. The molecule has 1 saturated carbocycles. The van der Waals surface area contributed by atoms with Crippen molar-refractivity contribution < 1.29 is 19.4 Å². The molecule has 1 aromatic carbocycles. The molecule has 1 unspecified atom stereocenters. The van der Waals surface area contributed by atoms with Gasteiger partial charge in [-0.05, 0) is 33.1 Å². The van der Waals surface area contributed by atoms with Crippen LogP contribution in [-0.4, -0.2) is 40.4 Å². The third-order valence-corrected chi connectivity index (χ3v) is 3.86. The van der Waals surface area contributed by atoms with Crippen LogP contribution in [-0.2, 0) is 9.53 Å². The van der Waals surface area contributed by atoms with Gasteiger partial charge in [0.25, 0.3) is 0 Å². The summed E-state index contributed by atoms with van der Waals surface area (Å²) in [5.74, 6) is -0.208. The molecule has 26 heavy (non-hydrogen) atoms. The van der Waals surface area contributed by atoms with Crippen molar-refractivity contribution >= 4 is 23.3 Å². The fourth-order valence-corrected chi connectivity index (χ4v) is 2.73. The number of hydrazone groups is 1. The standard InChI is InChI=1S/C20H26N2O4/c1-13-11-15(21-22(5)19(25)26-20(2,3)4)17(16(23)12-13)18(24)14-9-7-6-8-10-14/h6-10,13,24H,11-12H2,1-5H3. The predicted molar refractivity (Wildman–Crippen MR) is 101 cm³/mol. The largest absolute Gasteiger partial charge is 0.506 e. The van der Waals surface area contributed by atoms with Gasteiger partial charge in [0.05, 0.1) is 11.3 Å². The number of carbonyl (C=O) groups excluding carboxylic acids is 2. The number of carbonyl (C=O) groups is 2. The van der Waals surface area contributed by atoms with Gasteiger partial charge in [0, 0.05) is 19.0 Å². The highest BCUT2D eigenvalue weighted by molar-refractivity contribution is 6.27. The van der Waals surface area contributed by atoms with Gasteiger partial charge in [-0.2, -0.15) is 5.10 Å². The summed E-state index contributed by atoms with van der Waals surface area (Å²) < 4.78 is 5.29. The molecule has 1 amide bonds. The molecule has 1 atom stereocenters. The number of ketones is 1. The summed E-state index contributed by atoms with van der Waals surface area (Å²) in [5.41, 5.74) is 0.456. The van der Waals surface area contributed by atoms with Crippen LogP contribution in [0.3, 0.4) is 0 Å². The molecule has 1 fully saturated rings. The van der Waals surface area contributed by atoms with E-state index in [2.05, 4.69) is 5.10 Å². The van der Waals surface area contributed by atoms with Gasteiger partial charge in [0.2, 0.25) is 0 Å². The van der Waals surface area contributed by atoms with Crippen LogP contribution in [0.2, 0.25) is 0 Å². The van der Waals surface area contributed by atoms with Gasteiger partial charge in [-0.25, -0.2) is 9.80 Å². The third kappa shape index (κ3) is 4.94. The molecule has 1 aliphatic carbocycles. The number of hydrogen-bond acceptors (Lipinski definition) is 5. The molecular weight excluding hydrogens is 332 g/mol. The average molecular weight is 358 g/mol. The highest BCUT2D eigenvalue weighted by atomic mass is 16.6. The van der Waals surface area contributed by atoms with Crippen molar-refractivity contribution in [1.82, 2.24) is 5.01 Å². The van der Waals surface area contributed by atoms with Crippen LogP contribution in [0.15, 0.2) is 41.0 Å². The summed E-state index contributed by atoms with van der Waals surface area (Å²) in [6.45, 7) is 7.25. The smallest absolute Gasteiger partial charge is 0.430 e. The van der Waals surface area contributed by atoms with Crippen LogP contribution in [0.25, 0.3) is 5.76 Å². The van der Waals surface area contributed by atoms with E-state index in [0.717, 1.165) is 5.01 Å². The molecule has 1 N–H and O–H groups in total. The van der Waals surface area contributed by atoms with Crippen molar-refractivity contribution in [1.29, 1.82) is 0 Å². The molecule has 6 nitrogen and oxygen atoms in total. The Bertz CT molecular complexity index is 745. The Kier molecular flexibility index (Phi) is 5.85. The van der Waals surface area contributed by atoms with E-state index in [0.29, 0.717) is 24.1 Å². The lowest BCUT2D eigenvalue weighted by Gasteiger charge is -2.26. The minimum Gasteiger partial charge on any atom is -0.506 e. The molecule has 140 valence electrons. The third-order valence-electron chi connectivity index (χ3n) is 3.86. The summed E-state index contributed by atoms with van der Waals surface area (Å²) in [5, 5.41) is 16.0. The Labute approximate surface area is 154 Å². The van der Waals surface area contributed by atoms with E-state index < -0.39 is 11.7 Å². The first-order valence-corrected chi connectivity index (χ1v) is 8.65. The summed E-state index contributed by atoms with van der Waals surface area (Å²) >= 11 is 0. The molecule has 0 saturated heterocycles. The number of hydrogen-bond donors (Lipinski definition) is 1. The number of aliphatic hydroxyl groups is 1. The maximum Gasteiger partial charge on any atom is 0.430 e. The topological polar surface area (TPSA) is 79.2 Å². The molecule has 0 aromatic heterocycles. The van der Waals surface area contributed by atoms with Gasteiger partial charge < -0.3 is 9.84 Å². The number of Topliss-reactive ketones (excluding diaryl/α,β-unsaturated/α-hetero) is 1. The van der Waals surface area contributed by atoms with Crippen molar-refractivity contribution in [2.45, 2.75) is 46.1 Å². The lowest BCUT2D eigenvalue weighted by atomic mass is 9.83. The van der Waals surface area contributed by atoms with Crippen LogP contribution in [0, 0.1) is 5.92 Å². The first-order chi connectivity index (χ1) is 12.1. The van der Waals surface area contributed by atoms with Gasteiger partial charge >= 0.3 is 6.09 Å². The molecule has 6 heteroatoms. The highest BCUT2D eigenvalue weighted by Crippen LogP contribution is 2.29. The van der Waals surface area contributed by atoms with Gasteiger partial charge in [-0.1, -0.05) is 37.3 Å². The zero-order chi connectivity index (χ0) is 19.5. The average Bonchev–Trinajstić information content (AvgIpc) is 2.53. The second-order valence-electron chi connectivity index (χ2n) is 7.58. The van der Waals surface area contributed by atoms with Gasteiger partial charge in [-0.3, -0.25) is 4.79 Å². The van der Waals surface area contributed by atoms with Crippen LogP contribution in [0.1, 0.15) is 46.1 Å². The minimum absolute atomic E-state index is 0.0839. The van der Waals surface area contributed by atoms with E-state index in [-0.39, 0.29) is 23.0 Å². The molecule has 0 aliphatic heterocycles. The first kappa shape index (κ1) is 19.7. The lowest BCUT2D eigenvalue weighted by molar-refractivity contribution is -0.116. The number of aliphatic hydroxyl groups excluding tert-OH is 1. The number of allylic oxidation sites excluding steroid dienone is 1. The normalized spacial score (nSPS) is 21.5. The monoisotopic (exact) mass is 358 g/mol. The summed E-state index contributed by atoms with van der Waals surface area (Å²) in [4.78, 5) is 24.8. The van der Waals surface area contributed by atoms with Crippen molar-refractivity contribution in [3.05, 3.63) is 41.5 Å². The molecule has 2 rings (SSSR count). The first-order valence-electron chi connectivity index (χ1n) is 8.65. The second-order valence-corrected chi connectivity index (χ2v) is 7.58. The highest BCUT2D eigenvalue weighted by Gasteiger charge is 2.31. The molecular formula is C20H26N2O4. The number of amides is 1. The summed E-state index contributed by atoms with van der Waals surface area (Å²) in [7, 11) is 1.47. The Hall–Kier alpha value is -2.63. The van der Waals surface area contributed by atoms with Crippen molar-refractivity contribution in [3.63, 3.8) is 0 Å². The fraction of sp³-hybridized carbons (Fsp3) is 0.450. The Morgan fingerprint density at radius 2 is 1.85 bits per heavy atom. The van der Waals surface area contributed by atoms with Crippen molar-refractivity contribution in [2.75, 3.05) is 7.05 Å². The lowest BCUT2D eigenvalue weighted by Crippen LogP contribution is -2.34. The van der Waals surface area contributed by atoms with E-state index >= 15 is 0 Å². The summed E-state index contributed by atoms with van der Waals surface area (Å²) in [6.07, 6.45) is 0.209. The van der Waals surface area contributed by atoms with E-state index in [1.807, 2.05) is 13.0 Å². The molecule has 1 aromatic rings. The maximum atomic E-state index is 12.6. The Morgan fingerprint density at radius 1 is 1.23 bits per heavy atom. The number of benzene rings is 1. The fourth-order valence-electron chi connectivity index (χ4n) is 2.73. The molecule has 1 aliphatic rings. The van der Waals surface area contributed by atoms with Crippen molar-refractivity contribution in [2.24, 2.45) is 11.0 Å². The maximum absolute atomic E-state index is 12.6. The van der Waals surface area contributed by atoms with Crippen LogP contribution < -0.4 is 0 Å².